The first-order valence-corrected chi connectivity index (χ1v) is 5.30. The molecule has 0 radical (unpaired) electrons. The summed E-state index contributed by atoms with van der Waals surface area (Å²) in [6.07, 6.45) is 0. The van der Waals surface area contributed by atoms with E-state index in [9.17, 15) is 14.4 Å². The molecule has 7 nitrogen and oxygen atoms in total. The van der Waals surface area contributed by atoms with Gasteiger partial charge in [-0.25, -0.2) is 0 Å². The van der Waals surface area contributed by atoms with E-state index in [-0.39, 0.29) is 5.91 Å². The van der Waals surface area contributed by atoms with Crippen LogP contribution in [0.4, 0.5) is 0 Å². The molecule has 0 aliphatic rings. The summed E-state index contributed by atoms with van der Waals surface area (Å²) in [6.45, 7) is 4.50. The molecule has 0 aliphatic heterocycles. The zero-order chi connectivity index (χ0) is 13.6. The lowest BCUT2D eigenvalue weighted by Crippen LogP contribution is -2.52. The van der Waals surface area contributed by atoms with Crippen molar-refractivity contribution in [3.63, 3.8) is 0 Å². The standard InChI is InChI=1S/C10H19N3O4/c1-5(11-4)8(14)12-6(2)9(15)13-7(3)10(16)17/h5-7,11H,1-4H3,(H,12,14)(H,13,15)(H,16,17)/t5-,6?,7-/m0/s1. The van der Waals surface area contributed by atoms with Crippen LogP contribution in [-0.2, 0) is 14.4 Å². The fraction of sp³-hybridized carbons (Fsp3) is 0.700. The maximum absolute atomic E-state index is 11.5. The highest BCUT2D eigenvalue weighted by Crippen LogP contribution is 1.89. The van der Waals surface area contributed by atoms with Crippen molar-refractivity contribution in [2.45, 2.75) is 38.9 Å². The molecule has 1 unspecified atom stereocenters. The van der Waals surface area contributed by atoms with Gasteiger partial charge >= 0.3 is 5.97 Å². The Bertz CT molecular complexity index is 306. The minimum absolute atomic E-state index is 0.321. The third-order valence-corrected chi connectivity index (χ3v) is 2.31. The molecule has 0 rings (SSSR count). The van der Waals surface area contributed by atoms with E-state index in [1.807, 2.05) is 0 Å². The van der Waals surface area contributed by atoms with Crippen molar-refractivity contribution in [1.82, 2.24) is 16.0 Å². The quantitative estimate of drug-likeness (QED) is 0.464. The number of rotatable bonds is 6. The molecule has 0 aromatic heterocycles. The van der Waals surface area contributed by atoms with Crippen LogP contribution in [0.15, 0.2) is 0 Å². The number of likely N-dealkylation sites (N-methyl/N-ethyl adjacent to an activating group) is 1. The third kappa shape index (κ3) is 5.30. The van der Waals surface area contributed by atoms with Crippen LogP contribution in [0.1, 0.15) is 20.8 Å². The maximum Gasteiger partial charge on any atom is 0.325 e. The summed E-state index contributed by atoms with van der Waals surface area (Å²) in [5.41, 5.74) is 0. The first-order chi connectivity index (χ1) is 7.79. The van der Waals surface area contributed by atoms with Crippen molar-refractivity contribution in [3.8, 4) is 0 Å². The molecular weight excluding hydrogens is 226 g/mol. The van der Waals surface area contributed by atoms with Gasteiger partial charge < -0.3 is 21.1 Å². The van der Waals surface area contributed by atoms with Gasteiger partial charge in [-0.1, -0.05) is 0 Å². The van der Waals surface area contributed by atoms with Crippen molar-refractivity contribution < 1.29 is 19.5 Å². The molecule has 0 heterocycles. The highest BCUT2D eigenvalue weighted by atomic mass is 16.4. The molecule has 0 saturated carbocycles. The topological polar surface area (TPSA) is 108 Å². The lowest BCUT2D eigenvalue weighted by atomic mass is 10.2. The molecule has 4 N–H and O–H groups in total. The van der Waals surface area contributed by atoms with Gasteiger partial charge in [-0.05, 0) is 27.8 Å². The van der Waals surface area contributed by atoms with Crippen LogP contribution in [0, 0.1) is 0 Å². The Hall–Kier alpha value is -1.63. The summed E-state index contributed by atoms with van der Waals surface area (Å²) < 4.78 is 0. The number of carbonyl (C=O) groups excluding carboxylic acids is 2. The Morgan fingerprint density at radius 3 is 1.71 bits per heavy atom. The van der Waals surface area contributed by atoms with Crippen LogP contribution in [0.2, 0.25) is 0 Å². The van der Waals surface area contributed by atoms with Gasteiger partial charge in [0, 0.05) is 0 Å². The van der Waals surface area contributed by atoms with E-state index in [1.165, 1.54) is 13.8 Å². The number of amides is 2. The minimum Gasteiger partial charge on any atom is -0.480 e. The number of nitrogens with one attached hydrogen (secondary N) is 3. The molecule has 0 aliphatic carbocycles. The Morgan fingerprint density at radius 2 is 1.29 bits per heavy atom. The summed E-state index contributed by atoms with van der Waals surface area (Å²) in [6, 6.07) is -2.18. The third-order valence-electron chi connectivity index (χ3n) is 2.31. The molecule has 2 amide bonds. The number of carboxylic acid groups (broad SMARTS) is 1. The Kier molecular flexibility index (Phi) is 6.19. The Morgan fingerprint density at radius 1 is 0.882 bits per heavy atom. The van der Waals surface area contributed by atoms with Gasteiger partial charge in [0.05, 0.1) is 6.04 Å². The zero-order valence-electron chi connectivity index (χ0n) is 10.4. The second kappa shape index (κ2) is 6.85. The van der Waals surface area contributed by atoms with E-state index in [0.29, 0.717) is 0 Å². The minimum atomic E-state index is -1.12. The second-order valence-electron chi connectivity index (χ2n) is 3.81. The molecule has 0 saturated heterocycles. The summed E-state index contributed by atoms with van der Waals surface area (Å²) in [5, 5.41) is 16.1. The van der Waals surface area contributed by atoms with E-state index in [4.69, 9.17) is 5.11 Å². The number of carboxylic acids is 1. The van der Waals surface area contributed by atoms with Crippen molar-refractivity contribution in [2.75, 3.05) is 7.05 Å². The van der Waals surface area contributed by atoms with Gasteiger partial charge in [0.15, 0.2) is 0 Å². The lowest BCUT2D eigenvalue weighted by Gasteiger charge is -2.18. The maximum atomic E-state index is 11.5. The number of hydrogen-bond donors (Lipinski definition) is 4. The number of carbonyl (C=O) groups is 3. The molecule has 17 heavy (non-hydrogen) atoms. The lowest BCUT2D eigenvalue weighted by molar-refractivity contribution is -0.141. The Balaban J connectivity index is 4.23. The molecule has 0 aromatic rings. The monoisotopic (exact) mass is 245 g/mol. The summed E-state index contributed by atoms with van der Waals surface area (Å²) >= 11 is 0. The number of hydrogen-bond acceptors (Lipinski definition) is 4. The van der Waals surface area contributed by atoms with Gasteiger partial charge in [0.2, 0.25) is 11.8 Å². The van der Waals surface area contributed by atoms with E-state index < -0.39 is 30.0 Å². The normalized spacial score (nSPS) is 15.5. The predicted molar refractivity (Wildman–Crippen MR) is 61.4 cm³/mol. The highest BCUT2D eigenvalue weighted by molar-refractivity contribution is 5.91. The van der Waals surface area contributed by atoms with E-state index in [0.717, 1.165) is 0 Å². The summed E-state index contributed by atoms with van der Waals surface area (Å²) in [7, 11) is 1.63. The molecule has 0 bridgehead atoms. The second-order valence-corrected chi connectivity index (χ2v) is 3.81. The number of aliphatic carboxylic acids is 1. The average molecular weight is 245 g/mol. The van der Waals surface area contributed by atoms with Crippen LogP contribution in [0.25, 0.3) is 0 Å². The largest absolute Gasteiger partial charge is 0.480 e. The molecular formula is C10H19N3O4. The van der Waals surface area contributed by atoms with Crippen molar-refractivity contribution in [3.05, 3.63) is 0 Å². The van der Waals surface area contributed by atoms with Crippen molar-refractivity contribution >= 4 is 17.8 Å². The van der Waals surface area contributed by atoms with Crippen LogP contribution in [0.5, 0.6) is 0 Å². The first kappa shape index (κ1) is 15.4. The van der Waals surface area contributed by atoms with E-state index in [2.05, 4.69) is 16.0 Å². The van der Waals surface area contributed by atoms with Gasteiger partial charge in [0.1, 0.15) is 12.1 Å². The fourth-order valence-electron chi connectivity index (χ4n) is 0.935. The first-order valence-electron chi connectivity index (χ1n) is 5.30. The van der Waals surface area contributed by atoms with E-state index >= 15 is 0 Å². The van der Waals surface area contributed by atoms with Crippen LogP contribution in [-0.4, -0.2) is 48.1 Å². The Labute approximate surface area is 100.0 Å². The molecule has 0 aromatic carbocycles. The molecule has 3 atom stereocenters. The molecule has 0 spiro atoms. The highest BCUT2D eigenvalue weighted by Gasteiger charge is 2.21. The SMILES string of the molecule is CN[C@@H](C)C(=O)NC(C)C(=O)N[C@@H](C)C(=O)O. The zero-order valence-corrected chi connectivity index (χ0v) is 10.4. The molecule has 7 heteroatoms. The molecule has 0 fully saturated rings. The van der Waals surface area contributed by atoms with Crippen LogP contribution in [0.3, 0.4) is 0 Å². The summed E-state index contributed by atoms with van der Waals surface area (Å²) in [5.74, 6) is -1.98. The van der Waals surface area contributed by atoms with Crippen LogP contribution >= 0.6 is 0 Å². The van der Waals surface area contributed by atoms with E-state index in [1.54, 1.807) is 14.0 Å². The van der Waals surface area contributed by atoms with Gasteiger partial charge in [-0.15, -0.1) is 0 Å². The van der Waals surface area contributed by atoms with Crippen LogP contribution < -0.4 is 16.0 Å². The summed E-state index contributed by atoms with van der Waals surface area (Å²) in [4.78, 5) is 33.5. The van der Waals surface area contributed by atoms with Gasteiger partial charge in [0.25, 0.3) is 0 Å². The van der Waals surface area contributed by atoms with Gasteiger partial charge in [-0.2, -0.15) is 0 Å². The fourth-order valence-corrected chi connectivity index (χ4v) is 0.935. The van der Waals surface area contributed by atoms with Crippen molar-refractivity contribution in [1.29, 1.82) is 0 Å². The molecule has 98 valence electrons. The van der Waals surface area contributed by atoms with Gasteiger partial charge in [-0.3, -0.25) is 14.4 Å². The smallest absolute Gasteiger partial charge is 0.325 e. The average Bonchev–Trinajstić information content (AvgIpc) is 2.27. The van der Waals surface area contributed by atoms with Crippen molar-refractivity contribution in [2.24, 2.45) is 0 Å². The predicted octanol–water partition coefficient (Wildman–Crippen LogP) is -1.31.